The van der Waals surface area contributed by atoms with Crippen molar-refractivity contribution in [1.29, 1.82) is 0 Å². The molecule has 6 heteroatoms. The minimum Gasteiger partial charge on any atom is -0.391 e. The Bertz CT molecular complexity index is 422. The maximum atomic E-state index is 11.9. The number of halogens is 2. The van der Waals surface area contributed by atoms with Crippen LogP contribution in [0.1, 0.15) is 36.0 Å². The summed E-state index contributed by atoms with van der Waals surface area (Å²) < 4.78 is 0.877. The van der Waals surface area contributed by atoms with Gasteiger partial charge in [-0.15, -0.1) is 11.3 Å². The summed E-state index contributed by atoms with van der Waals surface area (Å²) in [6.07, 6.45) is 3.13. The Hall–Kier alpha value is -0.290. The van der Waals surface area contributed by atoms with Crippen LogP contribution in [0.3, 0.4) is 0 Å². The van der Waals surface area contributed by atoms with Crippen molar-refractivity contribution < 1.29 is 9.90 Å². The van der Waals surface area contributed by atoms with Gasteiger partial charge in [0.05, 0.1) is 22.0 Å². The molecule has 0 spiro atoms. The summed E-state index contributed by atoms with van der Waals surface area (Å²) in [6.45, 7) is 0. The number of carbonyl (C=O) groups is 1. The Kier molecular flexibility index (Phi) is 4.31. The Morgan fingerprint density at radius 3 is 2.71 bits per heavy atom. The van der Waals surface area contributed by atoms with Gasteiger partial charge >= 0.3 is 0 Å². The molecule has 1 aromatic heterocycles. The van der Waals surface area contributed by atoms with Gasteiger partial charge in [0.25, 0.3) is 5.91 Å². The van der Waals surface area contributed by atoms with Crippen molar-refractivity contribution in [2.75, 3.05) is 0 Å². The van der Waals surface area contributed by atoms with E-state index < -0.39 is 6.10 Å². The SMILES string of the molecule is O=C(N[C@H]1CCCC[C@@H]1O)c1cc(Cl)sc1Cl. The van der Waals surface area contributed by atoms with Crippen LogP contribution in [0.15, 0.2) is 6.07 Å². The van der Waals surface area contributed by atoms with E-state index in [0.29, 0.717) is 14.2 Å². The summed E-state index contributed by atoms with van der Waals surface area (Å²) in [5.74, 6) is -0.260. The van der Waals surface area contributed by atoms with Crippen LogP contribution in [-0.2, 0) is 0 Å². The van der Waals surface area contributed by atoms with E-state index in [0.717, 1.165) is 25.7 Å². The second kappa shape index (κ2) is 5.57. The Labute approximate surface area is 114 Å². The van der Waals surface area contributed by atoms with Gasteiger partial charge in [0.15, 0.2) is 0 Å². The summed E-state index contributed by atoms with van der Waals surface area (Å²) in [4.78, 5) is 11.9. The van der Waals surface area contributed by atoms with Crippen LogP contribution in [0, 0.1) is 0 Å². The van der Waals surface area contributed by atoms with Crippen molar-refractivity contribution in [3.05, 3.63) is 20.3 Å². The zero-order chi connectivity index (χ0) is 12.4. The lowest BCUT2D eigenvalue weighted by Crippen LogP contribution is -2.45. The largest absolute Gasteiger partial charge is 0.391 e. The van der Waals surface area contributed by atoms with E-state index in [1.165, 1.54) is 11.3 Å². The van der Waals surface area contributed by atoms with E-state index in [-0.39, 0.29) is 11.9 Å². The number of rotatable bonds is 2. The fourth-order valence-corrected chi connectivity index (χ4v) is 3.48. The molecule has 1 aromatic rings. The number of nitrogens with one attached hydrogen (secondary N) is 1. The second-order valence-corrected chi connectivity index (χ2v) is 6.46. The van der Waals surface area contributed by atoms with Crippen molar-refractivity contribution >= 4 is 40.4 Å². The van der Waals surface area contributed by atoms with Gasteiger partial charge in [-0.05, 0) is 18.9 Å². The highest BCUT2D eigenvalue weighted by molar-refractivity contribution is 7.20. The second-order valence-electron chi connectivity index (χ2n) is 4.17. The van der Waals surface area contributed by atoms with Crippen molar-refractivity contribution in [2.45, 2.75) is 37.8 Å². The lowest BCUT2D eigenvalue weighted by Gasteiger charge is -2.28. The molecule has 0 aliphatic heterocycles. The molecule has 1 fully saturated rings. The molecule has 2 atom stereocenters. The molecule has 1 saturated carbocycles. The van der Waals surface area contributed by atoms with Crippen LogP contribution in [-0.4, -0.2) is 23.2 Å². The molecule has 1 aliphatic carbocycles. The van der Waals surface area contributed by atoms with Gasteiger partial charge < -0.3 is 10.4 Å². The first-order chi connectivity index (χ1) is 8.08. The molecule has 1 heterocycles. The number of hydrogen-bond acceptors (Lipinski definition) is 3. The molecule has 0 aromatic carbocycles. The van der Waals surface area contributed by atoms with Crippen LogP contribution in [0.25, 0.3) is 0 Å². The van der Waals surface area contributed by atoms with Crippen LogP contribution >= 0.6 is 34.5 Å². The summed E-state index contributed by atoms with van der Waals surface area (Å²) in [5, 5.41) is 12.6. The third kappa shape index (κ3) is 3.13. The number of aliphatic hydroxyl groups is 1. The van der Waals surface area contributed by atoms with E-state index in [4.69, 9.17) is 23.2 Å². The average molecular weight is 294 g/mol. The molecular weight excluding hydrogens is 281 g/mol. The van der Waals surface area contributed by atoms with Crippen molar-refractivity contribution in [3.8, 4) is 0 Å². The number of aliphatic hydroxyl groups excluding tert-OH is 1. The van der Waals surface area contributed by atoms with Crippen molar-refractivity contribution in [2.24, 2.45) is 0 Å². The fraction of sp³-hybridized carbons (Fsp3) is 0.545. The Morgan fingerprint density at radius 2 is 2.12 bits per heavy atom. The molecule has 3 nitrogen and oxygen atoms in total. The van der Waals surface area contributed by atoms with Crippen LogP contribution in [0.4, 0.5) is 0 Å². The average Bonchev–Trinajstić information content (AvgIpc) is 2.61. The first-order valence-electron chi connectivity index (χ1n) is 5.51. The van der Waals surface area contributed by atoms with E-state index in [9.17, 15) is 9.90 Å². The highest BCUT2D eigenvalue weighted by Crippen LogP contribution is 2.31. The van der Waals surface area contributed by atoms with E-state index in [1.807, 2.05) is 0 Å². The smallest absolute Gasteiger partial charge is 0.254 e. The minimum atomic E-state index is -0.458. The predicted octanol–water partition coefficient (Wildman–Crippen LogP) is 3.09. The molecule has 0 unspecified atom stereocenters. The maximum Gasteiger partial charge on any atom is 0.254 e. The summed E-state index contributed by atoms with van der Waals surface area (Å²) in [6, 6.07) is 1.38. The number of thiophene rings is 1. The van der Waals surface area contributed by atoms with Crippen LogP contribution in [0.5, 0.6) is 0 Å². The van der Waals surface area contributed by atoms with E-state index in [2.05, 4.69) is 5.32 Å². The van der Waals surface area contributed by atoms with Crippen LogP contribution < -0.4 is 5.32 Å². The molecule has 0 bridgehead atoms. The molecule has 17 heavy (non-hydrogen) atoms. The minimum absolute atomic E-state index is 0.175. The third-order valence-electron chi connectivity index (χ3n) is 2.95. The van der Waals surface area contributed by atoms with Gasteiger partial charge in [-0.3, -0.25) is 4.79 Å². The summed E-state index contributed by atoms with van der Waals surface area (Å²) >= 11 is 12.9. The summed E-state index contributed by atoms with van der Waals surface area (Å²) in [7, 11) is 0. The molecule has 1 amide bonds. The van der Waals surface area contributed by atoms with E-state index in [1.54, 1.807) is 6.07 Å². The zero-order valence-corrected chi connectivity index (χ0v) is 11.4. The van der Waals surface area contributed by atoms with Gasteiger partial charge in [-0.1, -0.05) is 36.0 Å². The lowest BCUT2D eigenvalue weighted by molar-refractivity contribution is 0.0717. The van der Waals surface area contributed by atoms with Gasteiger partial charge in [0, 0.05) is 0 Å². The number of carbonyl (C=O) groups excluding carboxylic acids is 1. The van der Waals surface area contributed by atoms with E-state index >= 15 is 0 Å². The maximum absolute atomic E-state index is 11.9. The molecule has 94 valence electrons. The third-order valence-corrected chi connectivity index (χ3v) is 4.43. The molecule has 1 aliphatic rings. The highest BCUT2D eigenvalue weighted by Gasteiger charge is 2.26. The highest BCUT2D eigenvalue weighted by atomic mass is 35.5. The van der Waals surface area contributed by atoms with Gasteiger partial charge in [-0.2, -0.15) is 0 Å². The lowest BCUT2D eigenvalue weighted by atomic mass is 9.92. The fourth-order valence-electron chi connectivity index (χ4n) is 2.02. The van der Waals surface area contributed by atoms with Crippen molar-refractivity contribution in [1.82, 2.24) is 5.32 Å². The molecule has 2 rings (SSSR count). The first-order valence-corrected chi connectivity index (χ1v) is 7.09. The Morgan fingerprint density at radius 1 is 1.41 bits per heavy atom. The van der Waals surface area contributed by atoms with Crippen LogP contribution in [0.2, 0.25) is 8.67 Å². The van der Waals surface area contributed by atoms with Gasteiger partial charge in [0.1, 0.15) is 4.34 Å². The first kappa shape index (κ1) is 13.1. The zero-order valence-electron chi connectivity index (χ0n) is 9.08. The van der Waals surface area contributed by atoms with Gasteiger partial charge in [0.2, 0.25) is 0 Å². The molecule has 0 radical (unpaired) electrons. The number of amides is 1. The summed E-state index contributed by atoms with van der Waals surface area (Å²) in [5.41, 5.74) is 0.388. The normalized spacial score (nSPS) is 24.6. The molecular formula is C11H13Cl2NO2S. The molecule has 2 N–H and O–H groups in total. The topological polar surface area (TPSA) is 49.3 Å². The predicted molar refractivity (Wildman–Crippen MR) is 70.1 cm³/mol. The standard InChI is InChI=1S/C11H13Cl2NO2S/c12-9-5-6(10(13)17-9)11(16)14-7-3-1-2-4-8(7)15/h5,7-8,15H,1-4H2,(H,14,16)/t7-,8-/m0/s1. The monoisotopic (exact) mass is 293 g/mol. The quantitative estimate of drug-likeness (QED) is 0.880. The number of hydrogen-bond donors (Lipinski definition) is 2. The van der Waals surface area contributed by atoms with Crippen molar-refractivity contribution in [3.63, 3.8) is 0 Å². The molecule has 0 saturated heterocycles. The van der Waals surface area contributed by atoms with Gasteiger partial charge in [-0.25, -0.2) is 0 Å². The Balaban J connectivity index is 2.03.